The van der Waals surface area contributed by atoms with Crippen molar-refractivity contribution in [2.75, 3.05) is 5.01 Å². The fourth-order valence-electron chi connectivity index (χ4n) is 2.64. The summed E-state index contributed by atoms with van der Waals surface area (Å²) in [7, 11) is 0. The second kappa shape index (κ2) is 6.83. The number of hydrogen-bond acceptors (Lipinski definition) is 6. The van der Waals surface area contributed by atoms with Gasteiger partial charge in [-0.3, -0.25) is 19.7 Å². The number of rotatable bonds is 4. The smallest absolute Gasteiger partial charge is 0.311 e. The lowest BCUT2D eigenvalue weighted by atomic mass is 10.1. The first-order valence-electron chi connectivity index (χ1n) is 7.98. The number of aromatic hydroxyl groups is 1. The van der Waals surface area contributed by atoms with Crippen LogP contribution in [-0.4, -0.2) is 27.4 Å². The predicted molar refractivity (Wildman–Crippen MR) is 99.8 cm³/mol. The monoisotopic (exact) mass is 365 g/mol. The minimum absolute atomic E-state index is 0.0801. The Morgan fingerprint density at radius 3 is 2.48 bits per heavy atom. The zero-order valence-corrected chi connectivity index (χ0v) is 14.5. The number of benzene rings is 2. The molecule has 0 atom stereocenters. The first-order valence-corrected chi connectivity index (χ1v) is 7.98. The van der Waals surface area contributed by atoms with Crippen LogP contribution < -0.4 is 5.01 Å². The van der Waals surface area contributed by atoms with E-state index in [1.165, 1.54) is 36.2 Å². The third-order valence-electron chi connectivity index (χ3n) is 4.09. The van der Waals surface area contributed by atoms with E-state index in [-0.39, 0.29) is 17.3 Å². The largest absolute Gasteiger partial charge is 0.502 e. The van der Waals surface area contributed by atoms with E-state index < -0.39 is 16.4 Å². The second-order valence-electron chi connectivity index (χ2n) is 5.97. The number of nitro benzene ring substituents is 1. The summed E-state index contributed by atoms with van der Waals surface area (Å²) in [6.45, 7) is 3.11. The number of Topliss-reactive ketones (excluding diaryl/α,β-unsaturated/α-hetero) is 1. The maximum Gasteiger partial charge on any atom is 0.311 e. The molecule has 8 nitrogen and oxygen atoms in total. The first-order chi connectivity index (χ1) is 12.8. The van der Waals surface area contributed by atoms with E-state index >= 15 is 0 Å². The van der Waals surface area contributed by atoms with Gasteiger partial charge in [0.2, 0.25) is 0 Å². The summed E-state index contributed by atoms with van der Waals surface area (Å²) < 4.78 is 0. The molecule has 8 heteroatoms. The Bertz CT molecular complexity index is 1020. The molecular formula is C19H15N3O5. The summed E-state index contributed by atoms with van der Waals surface area (Å²) in [5.41, 5.74) is 1.71. The highest BCUT2D eigenvalue weighted by molar-refractivity contribution is 6.32. The average Bonchev–Trinajstić information content (AvgIpc) is 2.91. The van der Waals surface area contributed by atoms with Crippen LogP contribution in [0.5, 0.6) is 5.75 Å². The molecule has 0 bridgehead atoms. The molecule has 0 spiro atoms. The Kier molecular flexibility index (Phi) is 4.55. The van der Waals surface area contributed by atoms with Gasteiger partial charge in [-0.1, -0.05) is 6.07 Å². The van der Waals surface area contributed by atoms with Crippen LogP contribution in [0.4, 0.5) is 11.4 Å². The molecule has 27 heavy (non-hydrogen) atoms. The van der Waals surface area contributed by atoms with Crippen LogP contribution in [0.25, 0.3) is 6.08 Å². The van der Waals surface area contributed by atoms with Crippen molar-refractivity contribution in [3.05, 3.63) is 69.3 Å². The first kappa shape index (κ1) is 18.0. The lowest BCUT2D eigenvalue weighted by Gasteiger charge is -2.12. The zero-order valence-electron chi connectivity index (χ0n) is 14.5. The van der Waals surface area contributed by atoms with Crippen LogP contribution in [-0.2, 0) is 4.79 Å². The number of anilines is 1. The number of hydrogen-bond donors (Lipinski definition) is 1. The van der Waals surface area contributed by atoms with Crippen molar-refractivity contribution >= 4 is 34.9 Å². The summed E-state index contributed by atoms with van der Waals surface area (Å²) in [5.74, 6) is -0.917. The molecule has 0 saturated carbocycles. The topological polar surface area (TPSA) is 113 Å². The fourth-order valence-corrected chi connectivity index (χ4v) is 2.64. The number of amides is 1. The fraction of sp³-hybridized carbons (Fsp3) is 0.105. The number of nitrogens with zero attached hydrogens (tertiary/aromatic N) is 3. The molecule has 3 rings (SSSR count). The molecule has 0 unspecified atom stereocenters. The third-order valence-corrected chi connectivity index (χ3v) is 4.09. The highest BCUT2D eigenvalue weighted by atomic mass is 16.6. The molecular weight excluding hydrogens is 350 g/mol. The molecule has 1 N–H and O–H groups in total. The molecule has 2 aromatic rings. The van der Waals surface area contributed by atoms with E-state index in [4.69, 9.17) is 0 Å². The van der Waals surface area contributed by atoms with Gasteiger partial charge in [-0.15, -0.1) is 0 Å². The summed E-state index contributed by atoms with van der Waals surface area (Å²) >= 11 is 0. The SMILES string of the molecule is CC(=O)c1ccc(N2N=C(C)/C(=C/c3ccc(O)c([N+](=O)[O-])c3)C2=O)cc1. The highest BCUT2D eigenvalue weighted by Gasteiger charge is 2.29. The van der Waals surface area contributed by atoms with Crippen LogP contribution in [0.1, 0.15) is 29.8 Å². The Morgan fingerprint density at radius 1 is 1.22 bits per heavy atom. The lowest BCUT2D eigenvalue weighted by Crippen LogP contribution is -2.21. The van der Waals surface area contributed by atoms with Gasteiger partial charge in [0, 0.05) is 11.6 Å². The number of phenols is 1. The van der Waals surface area contributed by atoms with Crippen LogP contribution in [0.2, 0.25) is 0 Å². The Hall–Kier alpha value is -3.81. The quantitative estimate of drug-likeness (QED) is 0.386. The van der Waals surface area contributed by atoms with Crippen LogP contribution in [0.3, 0.4) is 0 Å². The molecule has 0 saturated heterocycles. The Balaban J connectivity index is 1.93. The summed E-state index contributed by atoms with van der Waals surface area (Å²) in [6.07, 6.45) is 1.48. The van der Waals surface area contributed by atoms with Crippen LogP contribution in [0, 0.1) is 10.1 Å². The molecule has 1 heterocycles. The van der Waals surface area contributed by atoms with Gasteiger partial charge in [0.25, 0.3) is 5.91 Å². The van der Waals surface area contributed by atoms with Gasteiger partial charge in [0.15, 0.2) is 11.5 Å². The van der Waals surface area contributed by atoms with Crippen molar-refractivity contribution in [2.24, 2.45) is 5.10 Å². The van der Waals surface area contributed by atoms with Gasteiger partial charge < -0.3 is 5.11 Å². The zero-order chi connectivity index (χ0) is 19.7. The average molecular weight is 365 g/mol. The molecule has 1 amide bonds. The van der Waals surface area contributed by atoms with Gasteiger partial charge in [0.1, 0.15) is 0 Å². The predicted octanol–water partition coefficient (Wildman–Crippen LogP) is 3.31. The number of carbonyl (C=O) groups excluding carboxylic acids is 2. The van der Waals surface area contributed by atoms with Crippen molar-refractivity contribution in [3.8, 4) is 5.75 Å². The second-order valence-corrected chi connectivity index (χ2v) is 5.97. The molecule has 136 valence electrons. The summed E-state index contributed by atoms with van der Waals surface area (Å²) in [5, 5.41) is 25.9. The van der Waals surface area contributed by atoms with Crippen LogP contribution in [0.15, 0.2) is 53.1 Å². The molecule has 0 fully saturated rings. The summed E-state index contributed by atoms with van der Waals surface area (Å²) in [4.78, 5) is 34.3. The minimum atomic E-state index is -0.697. The van der Waals surface area contributed by atoms with Gasteiger partial charge in [-0.2, -0.15) is 10.1 Å². The van der Waals surface area contributed by atoms with Crippen molar-refractivity contribution < 1.29 is 19.6 Å². The van der Waals surface area contributed by atoms with Crippen molar-refractivity contribution in [3.63, 3.8) is 0 Å². The number of phenolic OH excluding ortho intramolecular Hbond substituents is 1. The lowest BCUT2D eigenvalue weighted by molar-refractivity contribution is -0.385. The summed E-state index contributed by atoms with van der Waals surface area (Å²) in [6, 6.07) is 10.3. The van der Waals surface area contributed by atoms with E-state index in [2.05, 4.69) is 5.10 Å². The minimum Gasteiger partial charge on any atom is -0.502 e. The molecule has 0 aromatic heterocycles. The molecule has 2 aromatic carbocycles. The van der Waals surface area contributed by atoms with Crippen molar-refractivity contribution in [1.82, 2.24) is 0 Å². The molecule has 1 aliphatic heterocycles. The van der Waals surface area contributed by atoms with Crippen molar-refractivity contribution in [1.29, 1.82) is 0 Å². The standard InChI is InChI=1S/C19H15N3O5/c1-11-16(9-13-3-8-18(24)17(10-13)22(26)27)19(25)21(20-11)15-6-4-14(5-7-15)12(2)23/h3-10,24H,1-2H3/b16-9-. The number of carbonyl (C=O) groups is 2. The molecule has 0 aliphatic carbocycles. The normalized spacial score (nSPS) is 15.2. The van der Waals surface area contributed by atoms with E-state index in [1.807, 2.05) is 0 Å². The Labute approximate surface area is 154 Å². The van der Waals surface area contributed by atoms with Crippen molar-refractivity contribution in [2.45, 2.75) is 13.8 Å². The highest BCUT2D eigenvalue weighted by Crippen LogP contribution is 2.29. The van der Waals surface area contributed by atoms with Gasteiger partial charge >= 0.3 is 5.69 Å². The molecule has 0 radical (unpaired) electrons. The molecule has 1 aliphatic rings. The van der Waals surface area contributed by atoms with Crippen LogP contribution >= 0.6 is 0 Å². The van der Waals surface area contributed by atoms with E-state index in [1.54, 1.807) is 31.2 Å². The maximum atomic E-state index is 12.7. The van der Waals surface area contributed by atoms with Gasteiger partial charge in [-0.25, -0.2) is 0 Å². The number of nitro groups is 1. The maximum absolute atomic E-state index is 12.7. The van der Waals surface area contributed by atoms with E-state index in [0.717, 1.165) is 0 Å². The van der Waals surface area contributed by atoms with Gasteiger partial charge in [0.05, 0.1) is 21.9 Å². The Morgan fingerprint density at radius 2 is 1.89 bits per heavy atom. The van der Waals surface area contributed by atoms with E-state index in [0.29, 0.717) is 22.5 Å². The van der Waals surface area contributed by atoms with Gasteiger partial charge in [-0.05, 0) is 55.8 Å². The third kappa shape index (κ3) is 3.45. The van der Waals surface area contributed by atoms with E-state index in [9.17, 15) is 24.8 Å². The number of hydrazone groups is 1. The number of ketones is 1.